The molecule has 0 unspecified atom stereocenters. The van der Waals surface area contributed by atoms with Gasteiger partial charge in [-0.3, -0.25) is 0 Å². The maximum Gasteiger partial charge on any atom is 0.150 e. The molecule has 5 rings (SSSR count). The van der Waals surface area contributed by atoms with E-state index in [4.69, 9.17) is 9.72 Å². The Labute approximate surface area is 139 Å². The molecular weight excluding hydrogens is 296 g/mol. The van der Waals surface area contributed by atoms with Crippen LogP contribution < -0.4 is 10.1 Å². The number of nitrogens with zero attached hydrogens (tertiary/aromatic N) is 1. The number of ether oxygens (including phenoxy) is 1. The fourth-order valence-electron chi connectivity index (χ4n) is 3.18. The van der Waals surface area contributed by atoms with Gasteiger partial charge in [0.2, 0.25) is 0 Å². The van der Waals surface area contributed by atoms with Crippen LogP contribution in [0.2, 0.25) is 0 Å². The normalized spacial score (nSPS) is 13.1. The summed E-state index contributed by atoms with van der Waals surface area (Å²) in [5, 5.41) is 5.56. The first-order chi connectivity index (χ1) is 11.9. The Balaban J connectivity index is 1.81. The van der Waals surface area contributed by atoms with E-state index in [0.717, 1.165) is 44.6 Å². The Bertz CT molecular complexity index is 1100. The van der Waals surface area contributed by atoms with Crippen molar-refractivity contribution in [1.82, 2.24) is 4.98 Å². The molecule has 4 aromatic rings. The first-order valence-corrected chi connectivity index (χ1v) is 7.91. The molecule has 1 aromatic heterocycles. The lowest BCUT2D eigenvalue weighted by Gasteiger charge is -2.11. The summed E-state index contributed by atoms with van der Waals surface area (Å²) in [6.07, 6.45) is 1.93. The molecule has 3 heteroatoms. The Hall–Kier alpha value is -3.33. The average Bonchev–Trinajstić information content (AvgIpc) is 2.84. The van der Waals surface area contributed by atoms with E-state index in [0.29, 0.717) is 0 Å². The van der Waals surface area contributed by atoms with Crippen LogP contribution in [-0.2, 0) is 0 Å². The van der Waals surface area contributed by atoms with Crippen LogP contribution in [0.1, 0.15) is 5.56 Å². The monoisotopic (exact) mass is 310 g/mol. The second-order valence-electron chi connectivity index (χ2n) is 5.78. The Morgan fingerprint density at radius 3 is 2.46 bits per heavy atom. The molecule has 3 aromatic carbocycles. The minimum absolute atomic E-state index is 0.795. The molecule has 1 N–H and O–H groups in total. The number of anilines is 1. The lowest BCUT2D eigenvalue weighted by molar-refractivity contribution is 0.522. The number of nitrogens with one attached hydrogen (secondary N) is 1. The first-order valence-electron chi connectivity index (χ1n) is 7.91. The van der Waals surface area contributed by atoms with Crippen molar-refractivity contribution in [3.8, 4) is 5.75 Å². The highest BCUT2D eigenvalue weighted by Gasteiger charge is 2.17. The summed E-state index contributed by atoms with van der Waals surface area (Å²) in [5.41, 5.74) is 3.97. The van der Waals surface area contributed by atoms with Gasteiger partial charge in [-0.15, -0.1) is 0 Å². The molecule has 0 spiro atoms. The molecule has 3 nitrogen and oxygen atoms in total. The summed E-state index contributed by atoms with van der Waals surface area (Å²) in [5.74, 6) is 1.62. The Kier molecular flexibility index (Phi) is 2.79. The summed E-state index contributed by atoms with van der Waals surface area (Å²) in [6.45, 7) is 0. The van der Waals surface area contributed by atoms with Gasteiger partial charge in [0, 0.05) is 17.1 Å². The first kappa shape index (κ1) is 13.1. The summed E-state index contributed by atoms with van der Waals surface area (Å²) in [4.78, 5) is 4.78. The molecule has 0 radical (unpaired) electrons. The lowest BCUT2D eigenvalue weighted by Crippen LogP contribution is -1.95. The lowest BCUT2D eigenvalue weighted by atomic mass is 10.1. The molecule has 0 amide bonds. The predicted molar refractivity (Wildman–Crippen MR) is 97.9 cm³/mol. The summed E-state index contributed by atoms with van der Waals surface area (Å²) < 4.78 is 6.22. The zero-order valence-corrected chi connectivity index (χ0v) is 12.9. The molecule has 0 saturated carbocycles. The standard InChI is InChI=1S/C21H14N2O/c1-2-7-14(8-3-1)19-13-22-21-15-9-4-5-10-16(15)23-17-11-6-12-18(24-19)20(17)21/h1-13,22H. The predicted octanol–water partition coefficient (Wildman–Crippen LogP) is 5.19. The van der Waals surface area contributed by atoms with E-state index in [1.54, 1.807) is 0 Å². The van der Waals surface area contributed by atoms with Gasteiger partial charge in [0.05, 0.1) is 22.1 Å². The van der Waals surface area contributed by atoms with Crippen LogP contribution in [0.25, 0.3) is 27.6 Å². The van der Waals surface area contributed by atoms with Gasteiger partial charge in [-0.05, 0) is 18.2 Å². The van der Waals surface area contributed by atoms with Crippen molar-refractivity contribution in [3.63, 3.8) is 0 Å². The van der Waals surface area contributed by atoms with Crippen LogP contribution >= 0.6 is 0 Å². The van der Waals surface area contributed by atoms with E-state index < -0.39 is 0 Å². The Morgan fingerprint density at radius 2 is 1.54 bits per heavy atom. The third-order valence-corrected chi connectivity index (χ3v) is 4.29. The third-order valence-electron chi connectivity index (χ3n) is 4.29. The Morgan fingerprint density at radius 1 is 0.750 bits per heavy atom. The minimum atomic E-state index is 0.795. The van der Waals surface area contributed by atoms with E-state index in [1.165, 1.54) is 0 Å². The molecule has 0 fully saturated rings. The minimum Gasteiger partial charge on any atom is -0.454 e. The van der Waals surface area contributed by atoms with E-state index in [9.17, 15) is 0 Å². The van der Waals surface area contributed by atoms with Crippen molar-refractivity contribution in [2.75, 3.05) is 5.32 Å². The largest absolute Gasteiger partial charge is 0.454 e. The number of hydrogen-bond acceptors (Lipinski definition) is 3. The van der Waals surface area contributed by atoms with E-state index in [1.807, 2.05) is 72.9 Å². The van der Waals surface area contributed by atoms with Crippen molar-refractivity contribution < 1.29 is 4.74 Å². The number of fused-ring (bicyclic) bond motifs is 2. The fraction of sp³-hybridized carbons (Fsp3) is 0. The molecule has 0 bridgehead atoms. The molecular formula is C21H14N2O. The van der Waals surface area contributed by atoms with Gasteiger partial charge in [0.1, 0.15) is 5.75 Å². The van der Waals surface area contributed by atoms with Gasteiger partial charge >= 0.3 is 0 Å². The highest BCUT2D eigenvalue weighted by Crippen LogP contribution is 2.40. The zero-order valence-electron chi connectivity index (χ0n) is 12.9. The van der Waals surface area contributed by atoms with Crippen molar-refractivity contribution in [3.05, 3.63) is 84.6 Å². The zero-order chi connectivity index (χ0) is 15.9. The SMILES string of the molecule is C1=C(c2ccccc2)Oc2cccc3nc4ccccc4c(c23)N1. The molecule has 114 valence electrons. The van der Waals surface area contributed by atoms with Crippen molar-refractivity contribution in [2.24, 2.45) is 0 Å². The highest BCUT2D eigenvalue weighted by molar-refractivity contribution is 6.11. The number of benzene rings is 3. The van der Waals surface area contributed by atoms with Gasteiger partial charge < -0.3 is 10.1 Å². The maximum atomic E-state index is 6.22. The van der Waals surface area contributed by atoms with E-state index in [2.05, 4.69) is 11.4 Å². The summed E-state index contributed by atoms with van der Waals surface area (Å²) in [7, 11) is 0. The second-order valence-corrected chi connectivity index (χ2v) is 5.78. The number of para-hydroxylation sites is 1. The number of rotatable bonds is 1. The average molecular weight is 310 g/mol. The molecule has 0 saturated heterocycles. The van der Waals surface area contributed by atoms with Gasteiger partial charge in [-0.2, -0.15) is 0 Å². The number of hydrogen-bond donors (Lipinski definition) is 1. The van der Waals surface area contributed by atoms with Crippen LogP contribution in [0.4, 0.5) is 5.69 Å². The molecule has 1 aliphatic heterocycles. The fourth-order valence-corrected chi connectivity index (χ4v) is 3.18. The van der Waals surface area contributed by atoms with Crippen LogP contribution in [0.15, 0.2) is 79.0 Å². The van der Waals surface area contributed by atoms with Crippen LogP contribution in [0, 0.1) is 0 Å². The molecule has 24 heavy (non-hydrogen) atoms. The van der Waals surface area contributed by atoms with Crippen LogP contribution in [0.5, 0.6) is 5.75 Å². The van der Waals surface area contributed by atoms with Gasteiger partial charge in [0.25, 0.3) is 0 Å². The van der Waals surface area contributed by atoms with Crippen molar-refractivity contribution in [1.29, 1.82) is 0 Å². The highest BCUT2D eigenvalue weighted by atomic mass is 16.5. The topological polar surface area (TPSA) is 34.1 Å². The van der Waals surface area contributed by atoms with Crippen molar-refractivity contribution in [2.45, 2.75) is 0 Å². The molecule has 0 aliphatic carbocycles. The molecule has 2 heterocycles. The number of aromatic nitrogens is 1. The quantitative estimate of drug-likeness (QED) is 0.491. The van der Waals surface area contributed by atoms with Crippen LogP contribution in [0.3, 0.4) is 0 Å². The maximum absolute atomic E-state index is 6.22. The third kappa shape index (κ3) is 1.95. The smallest absolute Gasteiger partial charge is 0.150 e. The van der Waals surface area contributed by atoms with E-state index >= 15 is 0 Å². The second kappa shape index (κ2) is 5.10. The van der Waals surface area contributed by atoms with Gasteiger partial charge in [0.15, 0.2) is 5.76 Å². The van der Waals surface area contributed by atoms with Gasteiger partial charge in [-0.25, -0.2) is 4.98 Å². The van der Waals surface area contributed by atoms with Crippen molar-refractivity contribution >= 4 is 33.3 Å². The van der Waals surface area contributed by atoms with E-state index in [-0.39, 0.29) is 0 Å². The molecule has 0 atom stereocenters. The molecule has 1 aliphatic rings. The van der Waals surface area contributed by atoms with Crippen LogP contribution in [-0.4, -0.2) is 4.98 Å². The summed E-state index contributed by atoms with van der Waals surface area (Å²) >= 11 is 0. The summed E-state index contributed by atoms with van der Waals surface area (Å²) in [6, 6.07) is 24.3. The van der Waals surface area contributed by atoms with Gasteiger partial charge in [-0.1, -0.05) is 54.6 Å². The number of pyridine rings is 1.